The molecule has 1 aromatic carbocycles. The number of rotatable bonds is 1. The van der Waals surface area contributed by atoms with Crippen LogP contribution in [0.5, 0.6) is 0 Å². The van der Waals surface area contributed by atoms with Crippen molar-refractivity contribution in [2.24, 2.45) is 0 Å². The predicted molar refractivity (Wildman–Crippen MR) is 114 cm³/mol. The molecule has 7 heteroatoms. The van der Waals surface area contributed by atoms with Crippen molar-refractivity contribution in [2.75, 3.05) is 13.1 Å². The first kappa shape index (κ1) is 21.9. The maximum Gasteiger partial charge on any atom is 0.419 e. The van der Waals surface area contributed by atoms with Crippen LogP contribution in [0.25, 0.3) is 16.5 Å². The van der Waals surface area contributed by atoms with E-state index in [1.165, 1.54) is 16.7 Å². The van der Waals surface area contributed by atoms with E-state index in [2.05, 4.69) is 0 Å². The lowest BCUT2D eigenvalue weighted by Crippen LogP contribution is -2.39. The van der Waals surface area contributed by atoms with Crippen LogP contribution in [0.2, 0.25) is 0 Å². The molecule has 0 spiro atoms. The number of carbonyl (C=O) groups is 2. The minimum Gasteiger partial charge on any atom is -0.444 e. The molecule has 2 heterocycles. The lowest BCUT2D eigenvalue weighted by atomic mass is 9.99. The van der Waals surface area contributed by atoms with Crippen LogP contribution < -0.4 is 0 Å². The summed E-state index contributed by atoms with van der Waals surface area (Å²) in [5.74, 6) is -0.425. The van der Waals surface area contributed by atoms with Crippen LogP contribution >= 0.6 is 0 Å². The molecule has 0 saturated heterocycles. The maximum absolute atomic E-state index is 13.9. The van der Waals surface area contributed by atoms with Gasteiger partial charge in [0.25, 0.3) is 0 Å². The fourth-order valence-corrected chi connectivity index (χ4v) is 3.32. The molecule has 0 unspecified atom stereocenters. The van der Waals surface area contributed by atoms with Crippen molar-refractivity contribution in [3.63, 3.8) is 0 Å². The van der Waals surface area contributed by atoms with Crippen molar-refractivity contribution in [3.05, 3.63) is 41.9 Å². The summed E-state index contributed by atoms with van der Waals surface area (Å²) < 4.78 is 26.2. The molecule has 0 aliphatic carbocycles. The molecular weight excluding hydrogens is 387 g/mol. The Morgan fingerprint density at radius 2 is 1.63 bits per heavy atom. The number of aromatic nitrogens is 1. The van der Waals surface area contributed by atoms with Gasteiger partial charge in [-0.3, -0.25) is 4.57 Å². The third kappa shape index (κ3) is 5.01. The van der Waals surface area contributed by atoms with Gasteiger partial charge in [-0.2, -0.15) is 0 Å². The van der Waals surface area contributed by atoms with E-state index in [0.29, 0.717) is 25.0 Å². The average molecular weight is 416 g/mol. The quantitative estimate of drug-likeness (QED) is 0.608. The molecule has 2 aromatic rings. The zero-order valence-corrected chi connectivity index (χ0v) is 18.4. The second-order valence-corrected chi connectivity index (χ2v) is 9.46. The average Bonchev–Trinajstić information content (AvgIpc) is 2.97. The molecule has 0 bridgehead atoms. The van der Waals surface area contributed by atoms with Crippen LogP contribution in [-0.2, 0) is 9.47 Å². The monoisotopic (exact) mass is 416 g/mol. The van der Waals surface area contributed by atoms with E-state index in [4.69, 9.17) is 9.47 Å². The number of hydrogen-bond acceptors (Lipinski definition) is 4. The van der Waals surface area contributed by atoms with Crippen molar-refractivity contribution >= 4 is 28.7 Å². The standard InChI is InChI=1S/C23H29FN2O4/c1-22(2,3)29-20(27)25-11-9-15(10-12-25)18-14-26(21(28)30-23(4,5)6)19-13-16(24)7-8-17(18)19/h7-9,13-14H,10-12H2,1-6H3. The van der Waals surface area contributed by atoms with Gasteiger partial charge in [-0.15, -0.1) is 0 Å². The Balaban J connectivity index is 1.92. The Hall–Kier alpha value is -2.83. The highest BCUT2D eigenvalue weighted by atomic mass is 19.1. The van der Waals surface area contributed by atoms with Crippen molar-refractivity contribution < 1.29 is 23.5 Å². The van der Waals surface area contributed by atoms with Gasteiger partial charge in [0.1, 0.15) is 17.0 Å². The number of nitrogens with zero attached hydrogens (tertiary/aromatic N) is 2. The summed E-state index contributed by atoms with van der Waals surface area (Å²) in [6.45, 7) is 11.8. The Morgan fingerprint density at radius 1 is 1.00 bits per heavy atom. The third-order valence-corrected chi connectivity index (χ3v) is 4.56. The summed E-state index contributed by atoms with van der Waals surface area (Å²) in [6, 6.07) is 4.38. The maximum atomic E-state index is 13.9. The second kappa shape index (κ2) is 7.78. The fraction of sp³-hybridized carbons (Fsp3) is 0.478. The first-order valence-corrected chi connectivity index (χ1v) is 10.1. The molecule has 0 N–H and O–H groups in total. The summed E-state index contributed by atoms with van der Waals surface area (Å²) >= 11 is 0. The molecule has 162 valence electrons. The zero-order valence-electron chi connectivity index (χ0n) is 18.4. The SMILES string of the molecule is CC(C)(C)OC(=O)N1CC=C(c2cn(C(=O)OC(C)(C)C)c3cc(F)ccc23)CC1. The number of halogens is 1. The number of fused-ring (bicyclic) bond motifs is 1. The van der Waals surface area contributed by atoms with E-state index in [-0.39, 0.29) is 6.09 Å². The number of carbonyl (C=O) groups excluding carboxylic acids is 2. The molecule has 3 rings (SSSR count). The van der Waals surface area contributed by atoms with Gasteiger partial charge in [0, 0.05) is 30.2 Å². The van der Waals surface area contributed by atoms with E-state index >= 15 is 0 Å². The molecule has 0 radical (unpaired) electrons. The molecule has 6 nitrogen and oxygen atoms in total. The van der Waals surface area contributed by atoms with Gasteiger partial charge in [-0.05, 0) is 71.7 Å². The number of hydrogen-bond donors (Lipinski definition) is 0. The van der Waals surface area contributed by atoms with Gasteiger partial charge in [-0.1, -0.05) is 6.08 Å². The highest BCUT2D eigenvalue weighted by molar-refractivity contribution is 5.98. The largest absolute Gasteiger partial charge is 0.444 e. The summed E-state index contributed by atoms with van der Waals surface area (Å²) in [7, 11) is 0. The van der Waals surface area contributed by atoms with Crippen molar-refractivity contribution in [3.8, 4) is 0 Å². The molecule has 1 aliphatic rings. The first-order valence-electron chi connectivity index (χ1n) is 10.1. The van der Waals surface area contributed by atoms with Gasteiger partial charge < -0.3 is 14.4 Å². The van der Waals surface area contributed by atoms with Gasteiger partial charge in [0.2, 0.25) is 0 Å². The van der Waals surface area contributed by atoms with E-state index in [9.17, 15) is 14.0 Å². The summed E-state index contributed by atoms with van der Waals surface area (Å²) in [5, 5.41) is 0.763. The van der Waals surface area contributed by atoms with Crippen LogP contribution in [0, 0.1) is 5.82 Å². The summed E-state index contributed by atoms with van der Waals surface area (Å²) in [5.41, 5.74) is 1.06. The third-order valence-electron chi connectivity index (χ3n) is 4.56. The van der Waals surface area contributed by atoms with Gasteiger partial charge in [0.05, 0.1) is 5.52 Å². The van der Waals surface area contributed by atoms with Crippen LogP contribution in [0.3, 0.4) is 0 Å². The molecule has 0 atom stereocenters. The fourth-order valence-electron chi connectivity index (χ4n) is 3.32. The van der Waals surface area contributed by atoms with Crippen LogP contribution in [-0.4, -0.2) is 45.9 Å². The molecule has 0 saturated carbocycles. The summed E-state index contributed by atoms with van der Waals surface area (Å²) in [4.78, 5) is 26.6. The normalized spacial score (nSPS) is 15.2. The lowest BCUT2D eigenvalue weighted by Gasteiger charge is -2.29. The first-order chi connectivity index (χ1) is 13.8. The highest BCUT2D eigenvalue weighted by Gasteiger charge is 2.26. The molecule has 1 amide bonds. The Labute approximate surface area is 176 Å². The molecule has 1 aliphatic heterocycles. The van der Waals surface area contributed by atoms with Crippen molar-refractivity contribution in [2.45, 2.75) is 59.2 Å². The number of benzene rings is 1. The van der Waals surface area contributed by atoms with Crippen LogP contribution in [0.15, 0.2) is 30.5 Å². The van der Waals surface area contributed by atoms with Crippen LogP contribution in [0.4, 0.5) is 14.0 Å². The van der Waals surface area contributed by atoms with Crippen molar-refractivity contribution in [1.29, 1.82) is 0 Å². The van der Waals surface area contributed by atoms with Crippen LogP contribution in [0.1, 0.15) is 53.5 Å². The minimum absolute atomic E-state index is 0.351. The summed E-state index contributed by atoms with van der Waals surface area (Å²) in [6.07, 6.45) is 3.33. The van der Waals surface area contributed by atoms with E-state index in [1.54, 1.807) is 37.9 Å². The number of ether oxygens (including phenoxy) is 2. The predicted octanol–water partition coefficient (Wildman–Crippen LogP) is 5.59. The van der Waals surface area contributed by atoms with E-state index in [0.717, 1.165) is 16.5 Å². The van der Waals surface area contributed by atoms with Crippen molar-refractivity contribution in [1.82, 2.24) is 9.47 Å². The van der Waals surface area contributed by atoms with E-state index < -0.39 is 23.1 Å². The minimum atomic E-state index is -0.667. The number of amides is 1. The smallest absolute Gasteiger partial charge is 0.419 e. The molecule has 1 aromatic heterocycles. The Kier molecular flexibility index (Phi) is 5.67. The zero-order chi connectivity index (χ0) is 22.3. The molecule has 30 heavy (non-hydrogen) atoms. The van der Waals surface area contributed by atoms with E-state index in [1.807, 2.05) is 26.8 Å². The topological polar surface area (TPSA) is 60.8 Å². The molecular formula is C23H29FN2O4. The molecule has 0 fully saturated rings. The Morgan fingerprint density at radius 3 is 2.20 bits per heavy atom. The van der Waals surface area contributed by atoms with Gasteiger partial charge in [-0.25, -0.2) is 14.0 Å². The van der Waals surface area contributed by atoms with Gasteiger partial charge >= 0.3 is 12.2 Å². The van der Waals surface area contributed by atoms with Gasteiger partial charge in [0.15, 0.2) is 0 Å². The second-order valence-electron chi connectivity index (χ2n) is 9.46. The lowest BCUT2D eigenvalue weighted by molar-refractivity contribution is 0.0270. The Bertz CT molecular complexity index is 1010. The highest BCUT2D eigenvalue weighted by Crippen LogP contribution is 2.32.